The maximum absolute atomic E-state index is 14.6. The van der Waals surface area contributed by atoms with E-state index >= 15 is 0 Å². The minimum absolute atomic E-state index is 0.0955. The molecule has 2 aromatic carbocycles. The lowest BCUT2D eigenvalue weighted by atomic mass is 10.0. The third-order valence-corrected chi connectivity index (χ3v) is 6.92. The maximum atomic E-state index is 14.6. The Morgan fingerprint density at radius 2 is 1.86 bits per heavy atom. The molecule has 3 unspecified atom stereocenters. The highest BCUT2D eigenvalue weighted by molar-refractivity contribution is 7.91. The Hall–Kier alpha value is -1.74. The zero-order valence-corrected chi connectivity index (χ0v) is 16.5. The fourth-order valence-corrected chi connectivity index (χ4v) is 5.19. The minimum atomic E-state index is -4.17. The van der Waals surface area contributed by atoms with Gasteiger partial charge < -0.3 is 14.6 Å². The zero-order valence-electron chi connectivity index (χ0n) is 14.9. The van der Waals surface area contributed by atoms with Crippen molar-refractivity contribution < 1.29 is 31.8 Å². The monoisotopic (exact) mass is 432 g/mol. The van der Waals surface area contributed by atoms with E-state index in [-0.39, 0.29) is 24.5 Å². The Bertz CT molecular complexity index is 950. The molecule has 1 aliphatic rings. The van der Waals surface area contributed by atoms with Gasteiger partial charge in [0.1, 0.15) is 23.8 Å². The average molecular weight is 433 g/mol. The molecule has 152 valence electrons. The van der Waals surface area contributed by atoms with Crippen molar-refractivity contribution in [2.24, 2.45) is 0 Å². The van der Waals surface area contributed by atoms with E-state index in [9.17, 15) is 17.2 Å². The number of rotatable bonds is 6. The third kappa shape index (κ3) is 4.00. The van der Waals surface area contributed by atoms with Gasteiger partial charge in [-0.05, 0) is 49.7 Å². The highest BCUT2D eigenvalue weighted by atomic mass is 35.5. The summed E-state index contributed by atoms with van der Waals surface area (Å²) in [7, 11) is -4.17. The fourth-order valence-electron chi connectivity index (χ4n) is 3.18. The summed E-state index contributed by atoms with van der Waals surface area (Å²) in [5.41, 5.74) is -0.401. The number of aliphatic hydroxyl groups is 1. The van der Waals surface area contributed by atoms with Crippen LogP contribution in [-0.4, -0.2) is 38.9 Å². The summed E-state index contributed by atoms with van der Waals surface area (Å²) in [6.45, 7) is 1.21. The Kier molecular flexibility index (Phi) is 6.24. The summed E-state index contributed by atoms with van der Waals surface area (Å²) in [5.74, 6) is -2.19. The lowest BCUT2D eigenvalue weighted by Crippen LogP contribution is -2.40. The van der Waals surface area contributed by atoms with Gasteiger partial charge in [0.05, 0.1) is 16.6 Å². The molecule has 0 bridgehead atoms. The van der Waals surface area contributed by atoms with E-state index in [0.29, 0.717) is 5.02 Å². The number of aliphatic hydroxyl groups excluding tert-OH is 1. The lowest BCUT2D eigenvalue weighted by molar-refractivity contribution is -0.0442. The van der Waals surface area contributed by atoms with Gasteiger partial charge in [0.2, 0.25) is 0 Å². The van der Waals surface area contributed by atoms with Crippen molar-refractivity contribution in [2.75, 3.05) is 13.2 Å². The molecule has 0 amide bonds. The van der Waals surface area contributed by atoms with Gasteiger partial charge in [-0.15, -0.1) is 0 Å². The Morgan fingerprint density at radius 1 is 1.21 bits per heavy atom. The minimum Gasteiger partial charge on any atom is -0.487 e. The van der Waals surface area contributed by atoms with Crippen LogP contribution in [0.1, 0.15) is 24.2 Å². The molecular formula is C19H19ClF2O5S. The topological polar surface area (TPSA) is 72.8 Å². The molecular weight excluding hydrogens is 414 g/mol. The number of sulfone groups is 1. The molecule has 2 aromatic rings. The van der Waals surface area contributed by atoms with E-state index in [1.807, 2.05) is 0 Å². The van der Waals surface area contributed by atoms with Crippen LogP contribution >= 0.6 is 11.6 Å². The molecule has 0 aliphatic carbocycles. The molecule has 0 saturated heterocycles. The lowest BCUT2D eigenvalue weighted by Gasteiger charge is -2.35. The third-order valence-electron chi connectivity index (χ3n) is 4.53. The first-order valence-electron chi connectivity index (χ1n) is 8.62. The number of hydrogen-bond donors (Lipinski definition) is 1. The molecule has 0 aromatic heterocycles. The van der Waals surface area contributed by atoms with Crippen LogP contribution in [0.25, 0.3) is 0 Å². The summed E-state index contributed by atoms with van der Waals surface area (Å²) in [4.78, 5) is -0.0955. The molecule has 28 heavy (non-hydrogen) atoms. The molecule has 0 spiro atoms. The molecule has 0 fully saturated rings. The Balaban J connectivity index is 2.13. The largest absolute Gasteiger partial charge is 0.487 e. The first-order chi connectivity index (χ1) is 13.3. The van der Waals surface area contributed by atoms with Gasteiger partial charge in [-0.3, -0.25) is 0 Å². The quantitative estimate of drug-likeness (QED) is 0.753. The van der Waals surface area contributed by atoms with Gasteiger partial charge in [0.15, 0.2) is 21.4 Å². The van der Waals surface area contributed by atoms with Crippen LogP contribution in [0.3, 0.4) is 0 Å². The second-order valence-corrected chi connectivity index (χ2v) is 9.01. The van der Waals surface area contributed by atoms with Crippen LogP contribution in [-0.2, 0) is 14.6 Å². The van der Waals surface area contributed by atoms with Crippen molar-refractivity contribution in [2.45, 2.75) is 35.7 Å². The van der Waals surface area contributed by atoms with Crippen LogP contribution in [0.5, 0.6) is 5.75 Å². The van der Waals surface area contributed by atoms with Crippen LogP contribution < -0.4 is 4.74 Å². The van der Waals surface area contributed by atoms with E-state index in [1.54, 1.807) is 6.92 Å². The van der Waals surface area contributed by atoms with Gasteiger partial charge >= 0.3 is 0 Å². The van der Waals surface area contributed by atoms with E-state index < -0.39 is 50.2 Å². The van der Waals surface area contributed by atoms with Crippen LogP contribution in [0.2, 0.25) is 5.02 Å². The van der Waals surface area contributed by atoms with E-state index in [2.05, 4.69) is 0 Å². The molecule has 9 heteroatoms. The first-order valence-corrected chi connectivity index (χ1v) is 10.5. The zero-order chi connectivity index (χ0) is 20.5. The molecule has 3 atom stereocenters. The second kappa shape index (κ2) is 8.32. The predicted octanol–water partition coefficient (Wildman–Crippen LogP) is 3.68. The molecule has 5 nitrogen and oxygen atoms in total. The summed E-state index contributed by atoms with van der Waals surface area (Å²) in [6.07, 6.45) is -1.35. The van der Waals surface area contributed by atoms with Crippen LogP contribution in [0.15, 0.2) is 41.3 Å². The van der Waals surface area contributed by atoms with Gasteiger partial charge in [0, 0.05) is 11.6 Å². The highest BCUT2D eigenvalue weighted by Crippen LogP contribution is 2.44. The van der Waals surface area contributed by atoms with Crippen molar-refractivity contribution in [3.8, 4) is 5.75 Å². The number of benzene rings is 2. The second-order valence-electron chi connectivity index (χ2n) is 6.50. The smallest absolute Gasteiger partial charge is 0.188 e. The molecule has 1 heterocycles. The summed E-state index contributed by atoms with van der Waals surface area (Å²) >= 11 is 5.83. The standard InChI is InChI=1S/C19H19ClF2O5S/c1-11(8-9-23)27-16-10-26-18-15(22)7-6-14(21)17(18)19(16)28(24,25)13-4-2-12(20)3-5-13/h2-7,11,16,19,23H,8-10H2,1H3. The van der Waals surface area contributed by atoms with Crippen LogP contribution in [0, 0.1) is 11.6 Å². The van der Waals surface area contributed by atoms with E-state index in [1.165, 1.54) is 24.3 Å². The predicted molar refractivity (Wildman–Crippen MR) is 99.3 cm³/mol. The number of hydrogen-bond acceptors (Lipinski definition) is 5. The average Bonchev–Trinajstić information content (AvgIpc) is 2.65. The Morgan fingerprint density at radius 3 is 2.50 bits per heavy atom. The van der Waals surface area contributed by atoms with Crippen LogP contribution in [0.4, 0.5) is 8.78 Å². The van der Waals surface area contributed by atoms with Crippen molar-refractivity contribution in [1.82, 2.24) is 0 Å². The molecule has 3 rings (SSSR count). The van der Waals surface area contributed by atoms with Gasteiger partial charge in [-0.1, -0.05) is 11.6 Å². The number of ether oxygens (including phenoxy) is 2. The van der Waals surface area contributed by atoms with Gasteiger partial charge in [-0.2, -0.15) is 0 Å². The van der Waals surface area contributed by atoms with Gasteiger partial charge in [-0.25, -0.2) is 17.2 Å². The van der Waals surface area contributed by atoms with Crippen molar-refractivity contribution in [3.63, 3.8) is 0 Å². The normalized spacial score (nSPS) is 20.3. The first kappa shape index (κ1) is 21.0. The maximum Gasteiger partial charge on any atom is 0.188 e. The molecule has 1 N–H and O–H groups in total. The van der Waals surface area contributed by atoms with Crippen molar-refractivity contribution in [1.29, 1.82) is 0 Å². The van der Waals surface area contributed by atoms with Crippen molar-refractivity contribution >= 4 is 21.4 Å². The Labute approximate surface area is 166 Å². The SMILES string of the molecule is CC(CCO)OC1COc2c(F)ccc(F)c2C1S(=O)(=O)c1ccc(Cl)cc1. The number of halogens is 3. The van der Waals surface area contributed by atoms with Gasteiger partial charge in [0.25, 0.3) is 0 Å². The van der Waals surface area contributed by atoms with E-state index in [0.717, 1.165) is 12.1 Å². The molecule has 0 radical (unpaired) electrons. The van der Waals surface area contributed by atoms with Crippen molar-refractivity contribution in [3.05, 3.63) is 58.6 Å². The molecule has 1 aliphatic heterocycles. The summed E-state index contributed by atoms with van der Waals surface area (Å²) in [5, 5.41) is 7.90. The summed E-state index contributed by atoms with van der Waals surface area (Å²) < 4.78 is 66.6. The number of fused-ring (bicyclic) bond motifs is 1. The molecule has 0 saturated carbocycles. The highest BCUT2D eigenvalue weighted by Gasteiger charge is 2.45. The van der Waals surface area contributed by atoms with E-state index in [4.69, 9.17) is 26.2 Å². The fraction of sp³-hybridized carbons (Fsp3) is 0.368. The summed E-state index contributed by atoms with van der Waals surface area (Å²) in [6, 6.07) is 7.16.